The van der Waals surface area contributed by atoms with Gasteiger partial charge in [-0.2, -0.15) is 13.2 Å². The molecular weight excluding hydrogens is 314 g/mol. The van der Waals surface area contributed by atoms with Gasteiger partial charge in [0.2, 0.25) is 10.0 Å². The Hall–Kier alpha value is -1.19. The van der Waals surface area contributed by atoms with Gasteiger partial charge in [0.25, 0.3) is 0 Å². The maximum Gasteiger partial charge on any atom is 0.416 e. The first-order chi connectivity index (χ1) is 9.58. The number of nitrogens with one attached hydrogen (secondary N) is 1. The maximum absolute atomic E-state index is 13.5. The number of hydrogen-bond acceptors (Lipinski definition) is 3. The topological polar surface area (TPSA) is 66.4 Å². The van der Waals surface area contributed by atoms with Crippen molar-refractivity contribution in [3.8, 4) is 0 Å². The summed E-state index contributed by atoms with van der Waals surface area (Å²) in [5, 5.41) is 8.64. The molecule has 2 N–H and O–H groups in total. The van der Waals surface area contributed by atoms with Gasteiger partial charge < -0.3 is 5.11 Å². The van der Waals surface area contributed by atoms with Crippen LogP contribution < -0.4 is 4.72 Å². The molecule has 21 heavy (non-hydrogen) atoms. The molecule has 9 heteroatoms. The van der Waals surface area contributed by atoms with E-state index in [0.717, 1.165) is 0 Å². The van der Waals surface area contributed by atoms with Crippen LogP contribution in [0.4, 0.5) is 17.6 Å². The lowest BCUT2D eigenvalue weighted by molar-refractivity contribution is -0.137. The van der Waals surface area contributed by atoms with Crippen LogP contribution in [0.1, 0.15) is 25.3 Å². The highest BCUT2D eigenvalue weighted by Gasteiger charge is 2.33. The molecule has 0 aliphatic carbocycles. The second-order valence-corrected chi connectivity index (χ2v) is 6.21. The van der Waals surface area contributed by atoms with Crippen molar-refractivity contribution in [2.24, 2.45) is 0 Å². The molecule has 1 rings (SSSR count). The Kier molecular flexibility index (Phi) is 5.71. The van der Waals surface area contributed by atoms with Crippen LogP contribution in [-0.4, -0.2) is 26.2 Å². The van der Waals surface area contributed by atoms with Gasteiger partial charge in [-0.05, 0) is 38.0 Å². The largest absolute Gasteiger partial charge is 0.416 e. The molecule has 1 aromatic rings. The van der Waals surface area contributed by atoms with Gasteiger partial charge in [0, 0.05) is 12.6 Å². The van der Waals surface area contributed by atoms with E-state index in [1.807, 2.05) is 0 Å². The molecule has 0 radical (unpaired) electrons. The molecule has 0 aliphatic rings. The second kappa shape index (κ2) is 6.71. The third kappa shape index (κ3) is 4.94. The van der Waals surface area contributed by atoms with E-state index in [4.69, 9.17) is 5.11 Å². The van der Waals surface area contributed by atoms with Crippen molar-refractivity contribution in [2.75, 3.05) is 6.61 Å². The van der Waals surface area contributed by atoms with Crippen LogP contribution in [0.3, 0.4) is 0 Å². The number of benzene rings is 1. The first kappa shape index (κ1) is 17.9. The second-order valence-electron chi connectivity index (χ2n) is 4.53. The fraction of sp³-hybridized carbons (Fsp3) is 0.500. The minimum absolute atomic E-state index is 0.149. The van der Waals surface area contributed by atoms with E-state index in [-0.39, 0.29) is 19.1 Å². The summed E-state index contributed by atoms with van der Waals surface area (Å²) in [6, 6.07) is 0.562. The number of sulfonamides is 1. The molecule has 0 aliphatic heterocycles. The van der Waals surface area contributed by atoms with E-state index in [0.29, 0.717) is 18.6 Å². The minimum atomic E-state index is -4.76. The summed E-state index contributed by atoms with van der Waals surface area (Å²) in [6.45, 7) is 1.32. The predicted molar refractivity (Wildman–Crippen MR) is 67.5 cm³/mol. The molecule has 0 fully saturated rings. The Labute approximate surface area is 119 Å². The summed E-state index contributed by atoms with van der Waals surface area (Å²) in [4.78, 5) is -1.05. The lowest BCUT2D eigenvalue weighted by Crippen LogP contribution is -2.33. The Morgan fingerprint density at radius 2 is 1.95 bits per heavy atom. The van der Waals surface area contributed by atoms with Crippen molar-refractivity contribution >= 4 is 10.0 Å². The van der Waals surface area contributed by atoms with Gasteiger partial charge in [-0.25, -0.2) is 17.5 Å². The molecule has 1 aromatic carbocycles. The third-order valence-electron chi connectivity index (χ3n) is 2.70. The van der Waals surface area contributed by atoms with Crippen LogP contribution in [0.2, 0.25) is 0 Å². The van der Waals surface area contributed by atoms with Gasteiger partial charge in [-0.3, -0.25) is 0 Å². The van der Waals surface area contributed by atoms with Gasteiger partial charge in [-0.15, -0.1) is 0 Å². The average molecular weight is 329 g/mol. The minimum Gasteiger partial charge on any atom is -0.396 e. The zero-order valence-electron chi connectivity index (χ0n) is 11.1. The SMILES string of the molecule is CC(CCCO)NS(=O)(=O)c1cc(C(F)(F)F)ccc1F. The number of hydrogen-bond donors (Lipinski definition) is 2. The molecule has 0 saturated heterocycles. The lowest BCUT2D eigenvalue weighted by Gasteiger charge is -2.15. The molecule has 4 nitrogen and oxygen atoms in total. The number of rotatable bonds is 6. The Morgan fingerprint density at radius 3 is 2.48 bits per heavy atom. The molecule has 0 bridgehead atoms. The summed E-state index contributed by atoms with van der Waals surface area (Å²) in [7, 11) is -4.41. The van der Waals surface area contributed by atoms with Crippen LogP contribution in [0.15, 0.2) is 23.1 Å². The number of alkyl halides is 3. The van der Waals surface area contributed by atoms with Crippen LogP contribution >= 0.6 is 0 Å². The fourth-order valence-electron chi connectivity index (χ4n) is 1.67. The summed E-state index contributed by atoms with van der Waals surface area (Å²) in [5.74, 6) is -1.26. The van der Waals surface area contributed by atoms with Crippen molar-refractivity contribution < 1.29 is 31.1 Å². The molecule has 0 aromatic heterocycles. The predicted octanol–water partition coefficient (Wildman–Crippen LogP) is 2.28. The molecule has 0 amide bonds. The third-order valence-corrected chi connectivity index (χ3v) is 4.30. The molecule has 0 saturated carbocycles. The quantitative estimate of drug-likeness (QED) is 0.787. The fourth-order valence-corrected chi connectivity index (χ4v) is 3.05. The molecule has 1 atom stereocenters. The van der Waals surface area contributed by atoms with Crippen LogP contribution in [0.5, 0.6) is 0 Å². The first-order valence-electron chi connectivity index (χ1n) is 6.08. The zero-order chi connectivity index (χ0) is 16.3. The zero-order valence-corrected chi connectivity index (χ0v) is 11.9. The Balaban J connectivity index is 3.08. The van der Waals surface area contributed by atoms with Crippen molar-refractivity contribution in [2.45, 2.75) is 36.9 Å². The standard InChI is InChI=1S/C12H15F4NO3S/c1-8(3-2-6-18)17-21(19,20)11-7-9(12(14,15)16)4-5-10(11)13/h4-5,7-8,17-18H,2-3,6H2,1H3. The van der Waals surface area contributed by atoms with Gasteiger partial charge in [0.05, 0.1) is 5.56 Å². The van der Waals surface area contributed by atoms with Crippen molar-refractivity contribution in [1.82, 2.24) is 4.72 Å². The maximum atomic E-state index is 13.5. The van der Waals surface area contributed by atoms with Crippen molar-refractivity contribution in [3.63, 3.8) is 0 Å². The normalized spacial score (nSPS) is 14.2. The van der Waals surface area contributed by atoms with E-state index in [1.165, 1.54) is 6.92 Å². The van der Waals surface area contributed by atoms with Crippen LogP contribution in [0, 0.1) is 5.82 Å². The monoisotopic (exact) mass is 329 g/mol. The highest BCUT2D eigenvalue weighted by atomic mass is 32.2. The Bertz CT molecular complexity index is 587. The summed E-state index contributed by atoms with van der Waals surface area (Å²) < 4.78 is 77.1. The molecule has 1 unspecified atom stereocenters. The highest BCUT2D eigenvalue weighted by molar-refractivity contribution is 7.89. The van der Waals surface area contributed by atoms with Gasteiger partial charge in [0.15, 0.2) is 0 Å². The van der Waals surface area contributed by atoms with Crippen LogP contribution in [-0.2, 0) is 16.2 Å². The summed E-state index contributed by atoms with van der Waals surface area (Å²) in [6.07, 6.45) is -4.18. The molecular formula is C12H15F4NO3S. The average Bonchev–Trinajstić information content (AvgIpc) is 2.34. The van der Waals surface area contributed by atoms with Crippen LogP contribution in [0.25, 0.3) is 0 Å². The van der Waals surface area contributed by atoms with Gasteiger partial charge >= 0.3 is 6.18 Å². The van der Waals surface area contributed by atoms with Crippen molar-refractivity contribution in [3.05, 3.63) is 29.6 Å². The van der Waals surface area contributed by atoms with Crippen molar-refractivity contribution in [1.29, 1.82) is 0 Å². The number of halogens is 4. The molecule has 0 spiro atoms. The molecule has 0 heterocycles. The van der Waals surface area contributed by atoms with Gasteiger partial charge in [0.1, 0.15) is 10.7 Å². The van der Waals surface area contributed by atoms with E-state index in [2.05, 4.69) is 4.72 Å². The highest BCUT2D eigenvalue weighted by Crippen LogP contribution is 2.31. The van der Waals surface area contributed by atoms with E-state index in [1.54, 1.807) is 0 Å². The lowest BCUT2D eigenvalue weighted by atomic mass is 10.2. The smallest absolute Gasteiger partial charge is 0.396 e. The summed E-state index contributed by atoms with van der Waals surface area (Å²) in [5.41, 5.74) is -1.24. The molecule has 120 valence electrons. The van der Waals surface area contributed by atoms with E-state index in [9.17, 15) is 26.0 Å². The van der Waals surface area contributed by atoms with E-state index >= 15 is 0 Å². The van der Waals surface area contributed by atoms with E-state index < -0.39 is 38.5 Å². The summed E-state index contributed by atoms with van der Waals surface area (Å²) >= 11 is 0. The first-order valence-corrected chi connectivity index (χ1v) is 7.56. The van der Waals surface area contributed by atoms with Gasteiger partial charge in [-0.1, -0.05) is 0 Å². The Morgan fingerprint density at radius 1 is 1.33 bits per heavy atom. The number of aliphatic hydroxyl groups excluding tert-OH is 1. The number of aliphatic hydroxyl groups is 1.